The van der Waals surface area contributed by atoms with Gasteiger partial charge in [-0.15, -0.1) is 0 Å². The van der Waals surface area contributed by atoms with Crippen LogP contribution in [-0.2, 0) is 14.8 Å². The van der Waals surface area contributed by atoms with Gasteiger partial charge in [-0.2, -0.15) is 4.31 Å². The predicted molar refractivity (Wildman–Crippen MR) is 175 cm³/mol. The van der Waals surface area contributed by atoms with E-state index in [9.17, 15) is 23.1 Å². The van der Waals surface area contributed by atoms with Crippen LogP contribution in [0.25, 0.3) is 11.0 Å². The first kappa shape index (κ1) is 33.9. The van der Waals surface area contributed by atoms with Gasteiger partial charge >= 0.3 is 0 Å². The van der Waals surface area contributed by atoms with Gasteiger partial charge in [-0.1, -0.05) is 38.5 Å². The first-order chi connectivity index (χ1) is 22.1. The van der Waals surface area contributed by atoms with Crippen LogP contribution in [0.15, 0.2) is 63.9 Å². The zero-order chi connectivity index (χ0) is 32.7. The van der Waals surface area contributed by atoms with Crippen LogP contribution >= 0.6 is 0 Å². The molecule has 1 aromatic heterocycles. The summed E-state index contributed by atoms with van der Waals surface area (Å²) in [7, 11) is -3.79. The molecule has 2 aliphatic rings. The molecule has 0 aliphatic carbocycles. The molecule has 2 unspecified atom stereocenters. The molecule has 0 saturated carbocycles. The van der Waals surface area contributed by atoms with Crippen molar-refractivity contribution in [2.24, 2.45) is 5.92 Å². The van der Waals surface area contributed by atoms with Gasteiger partial charge in [0.25, 0.3) is 5.91 Å². The van der Waals surface area contributed by atoms with Gasteiger partial charge in [0.1, 0.15) is 24.0 Å². The molecule has 0 bridgehead atoms. The predicted octanol–water partition coefficient (Wildman–Crippen LogP) is 3.77. The quantitative estimate of drug-likeness (QED) is 0.268. The van der Waals surface area contributed by atoms with E-state index in [2.05, 4.69) is 15.5 Å². The summed E-state index contributed by atoms with van der Waals surface area (Å²) in [5.74, 6) is -0.0938. The molecule has 3 aromatic rings. The van der Waals surface area contributed by atoms with Gasteiger partial charge in [-0.3, -0.25) is 14.5 Å². The van der Waals surface area contributed by atoms with Gasteiger partial charge in [-0.25, -0.2) is 8.42 Å². The van der Waals surface area contributed by atoms with Gasteiger partial charge in [0, 0.05) is 25.0 Å². The summed E-state index contributed by atoms with van der Waals surface area (Å²) in [6, 6.07) is 13.6. The number of aliphatic hydroxyl groups excluding tert-OH is 1. The van der Waals surface area contributed by atoms with E-state index in [1.54, 1.807) is 30.3 Å². The normalized spacial score (nSPS) is 20.7. The highest BCUT2D eigenvalue weighted by Gasteiger charge is 2.35. The van der Waals surface area contributed by atoms with Crippen LogP contribution in [0.5, 0.6) is 5.75 Å². The lowest BCUT2D eigenvalue weighted by Crippen LogP contribution is -2.54. The van der Waals surface area contributed by atoms with Crippen LogP contribution in [0.3, 0.4) is 0 Å². The maximum absolute atomic E-state index is 13.5. The van der Waals surface area contributed by atoms with Crippen molar-refractivity contribution < 1.29 is 32.3 Å². The molecular formula is C34H46N4O7S. The van der Waals surface area contributed by atoms with Crippen LogP contribution in [0.1, 0.15) is 62.9 Å². The third-order valence-corrected chi connectivity index (χ3v) is 10.5. The van der Waals surface area contributed by atoms with Crippen LogP contribution in [0.2, 0.25) is 0 Å². The molecule has 3 heterocycles. The molecule has 2 fully saturated rings. The summed E-state index contributed by atoms with van der Waals surface area (Å²) in [4.78, 5) is 29.4. The van der Waals surface area contributed by atoms with Crippen molar-refractivity contribution in [1.82, 2.24) is 19.8 Å². The minimum atomic E-state index is -3.79. The second-order valence-corrected chi connectivity index (χ2v) is 14.7. The topological polar surface area (TPSA) is 141 Å². The highest BCUT2D eigenvalue weighted by atomic mass is 32.2. The van der Waals surface area contributed by atoms with E-state index in [0.29, 0.717) is 37.2 Å². The average molecular weight is 655 g/mol. The van der Waals surface area contributed by atoms with Crippen molar-refractivity contribution in [2.75, 3.05) is 39.3 Å². The number of hydrogen-bond donors (Lipinski definition) is 3. The van der Waals surface area contributed by atoms with Crippen molar-refractivity contribution in [2.45, 2.75) is 75.5 Å². The molecule has 12 heteroatoms. The van der Waals surface area contributed by atoms with Gasteiger partial charge in [0.05, 0.1) is 17.0 Å². The summed E-state index contributed by atoms with van der Waals surface area (Å²) in [5, 5.41) is 17.4. The highest BCUT2D eigenvalue weighted by Crippen LogP contribution is 2.25. The molecule has 3 N–H and O–H groups in total. The van der Waals surface area contributed by atoms with Crippen LogP contribution < -0.4 is 15.4 Å². The molecule has 0 spiro atoms. The first-order valence-corrected chi connectivity index (χ1v) is 17.8. The molecule has 2 aromatic carbocycles. The third kappa shape index (κ3) is 8.67. The Labute approximate surface area is 271 Å². The number of furan rings is 1. The summed E-state index contributed by atoms with van der Waals surface area (Å²) < 4.78 is 39.4. The lowest BCUT2D eigenvalue weighted by Gasteiger charge is -2.27. The number of nitrogens with zero attached hydrogens (tertiary/aromatic N) is 2. The van der Waals surface area contributed by atoms with Crippen molar-refractivity contribution >= 4 is 32.8 Å². The SMILES string of the molecule is CC(C)C[C@H](NC(=O)c1cc2cc(OCCN3CCCCC3)ccc2o1)C(=O)NC1CCCN(S(=O)(=O)c2ccccc2)CC1O. The Bertz CT molecular complexity index is 1570. The number of fused-ring (bicyclic) bond motifs is 1. The number of carbonyl (C=O) groups excluding carboxylic acids is 2. The number of carbonyl (C=O) groups is 2. The van der Waals surface area contributed by atoms with E-state index in [-0.39, 0.29) is 29.7 Å². The zero-order valence-electron chi connectivity index (χ0n) is 26.7. The van der Waals surface area contributed by atoms with Gasteiger partial charge in [0.2, 0.25) is 15.9 Å². The molecule has 2 amide bonds. The van der Waals surface area contributed by atoms with E-state index >= 15 is 0 Å². The van der Waals surface area contributed by atoms with Crippen LogP contribution in [0.4, 0.5) is 0 Å². The molecule has 11 nitrogen and oxygen atoms in total. The van der Waals surface area contributed by atoms with E-state index in [1.165, 1.54) is 35.7 Å². The number of benzene rings is 2. The lowest BCUT2D eigenvalue weighted by atomic mass is 10.0. The Morgan fingerprint density at radius 2 is 1.78 bits per heavy atom. The Hall–Kier alpha value is -3.45. The van der Waals surface area contributed by atoms with Crippen molar-refractivity contribution in [1.29, 1.82) is 0 Å². The molecule has 250 valence electrons. The highest BCUT2D eigenvalue weighted by molar-refractivity contribution is 7.89. The molecule has 46 heavy (non-hydrogen) atoms. The van der Waals surface area contributed by atoms with E-state index in [1.807, 2.05) is 26.0 Å². The number of sulfonamides is 1. The summed E-state index contributed by atoms with van der Waals surface area (Å²) in [5.41, 5.74) is 0.537. The Balaban J connectivity index is 1.19. The average Bonchev–Trinajstić information content (AvgIpc) is 3.38. The number of nitrogens with one attached hydrogen (secondary N) is 2. The Kier molecular flexibility index (Phi) is 11.4. The number of amides is 2. The Morgan fingerprint density at radius 3 is 2.52 bits per heavy atom. The maximum Gasteiger partial charge on any atom is 0.287 e. The van der Waals surface area contributed by atoms with Gasteiger partial charge < -0.3 is 24.9 Å². The summed E-state index contributed by atoms with van der Waals surface area (Å²) in [6.45, 7) is 7.66. The number of β-amino-alcohol motifs (C(OH)–C–C–N with tert-alkyl or cyclic N) is 1. The number of likely N-dealkylation sites (tertiary alicyclic amines) is 1. The molecule has 3 atom stereocenters. The largest absolute Gasteiger partial charge is 0.492 e. The third-order valence-electron chi connectivity index (χ3n) is 8.65. The van der Waals surface area contributed by atoms with Crippen molar-refractivity contribution in [3.63, 3.8) is 0 Å². The fourth-order valence-electron chi connectivity index (χ4n) is 6.15. The second kappa shape index (κ2) is 15.4. The smallest absolute Gasteiger partial charge is 0.287 e. The Morgan fingerprint density at radius 1 is 1.02 bits per heavy atom. The maximum atomic E-state index is 13.5. The number of ether oxygens (including phenoxy) is 1. The first-order valence-electron chi connectivity index (χ1n) is 16.3. The molecule has 2 aliphatic heterocycles. The molecule has 0 radical (unpaired) electrons. The van der Waals surface area contributed by atoms with Crippen LogP contribution in [0, 0.1) is 5.92 Å². The van der Waals surface area contributed by atoms with E-state index in [0.717, 1.165) is 25.0 Å². The second-order valence-electron chi connectivity index (χ2n) is 12.7. The fourth-order valence-corrected chi connectivity index (χ4v) is 7.67. The fraction of sp³-hybridized carbons (Fsp3) is 0.529. The van der Waals surface area contributed by atoms with E-state index in [4.69, 9.17) is 9.15 Å². The molecular weight excluding hydrogens is 608 g/mol. The summed E-state index contributed by atoms with van der Waals surface area (Å²) >= 11 is 0. The zero-order valence-corrected chi connectivity index (χ0v) is 27.5. The van der Waals surface area contributed by atoms with Gasteiger partial charge in [-0.05, 0) is 87.5 Å². The summed E-state index contributed by atoms with van der Waals surface area (Å²) in [6.07, 6.45) is 3.85. The number of aliphatic hydroxyl groups is 1. The molecule has 5 rings (SSSR count). The lowest BCUT2D eigenvalue weighted by molar-refractivity contribution is -0.125. The number of piperidine rings is 1. The van der Waals surface area contributed by atoms with E-state index < -0.39 is 40.0 Å². The molecule has 2 saturated heterocycles. The minimum Gasteiger partial charge on any atom is -0.492 e. The van der Waals surface area contributed by atoms with Crippen molar-refractivity contribution in [3.05, 3.63) is 60.4 Å². The minimum absolute atomic E-state index is 0.0817. The van der Waals surface area contributed by atoms with Gasteiger partial charge in [0.15, 0.2) is 5.76 Å². The van der Waals surface area contributed by atoms with Crippen molar-refractivity contribution in [3.8, 4) is 5.75 Å². The number of hydrogen-bond acceptors (Lipinski definition) is 8. The van der Waals surface area contributed by atoms with Crippen LogP contribution in [-0.4, -0.2) is 92.1 Å². The standard InChI is InChI=1S/C34H46N4O7S/c1-24(2)20-29(33(40)35-28-12-9-17-38(23-30(28)39)46(42,43)27-10-5-3-6-11-27)36-34(41)32-22-25-21-26(13-14-31(25)45-32)44-19-18-37-15-7-4-8-16-37/h3,5-6,10-11,13-14,21-22,24,28-30,39H,4,7-9,12,15-20,23H2,1-2H3,(H,35,40)(H,36,41)/t28?,29-,30?/m0/s1. The monoisotopic (exact) mass is 654 g/mol. The number of rotatable bonds is 12.